The van der Waals surface area contributed by atoms with Crippen molar-refractivity contribution < 1.29 is 4.79 Å². The van der Waals surface area contributed by atoms with Gasteiger partial charge in [-0.2, -0.15) is 5.26 Å². The first-order valence-electron chi connectivity index (χ1n) is 7.30. The zero-order valence-corrected chi connectivity index (χ0v) is 11.5. The van der Waals surface area contributed by atoms with Crippen molar-refractivity contribution in [3.63, 3.8) is 0 Å². The van der Waals surface area contributed by atoms with Gasteiger partial charge in [0, 0.05) is 29.2 Å². The fourth-order valence-electron chi connectivity index (χ4n) is 3.29. The Hall–Kier alpha value is -2.08. The molecule has 3 rings (SSSR count). The molecule has 1 aliphatic carbocycles. The highest BCUT2D eigenvalue weighted by atomic mass is 16.1. The number of carbonyl (C=O) groups excluding carboxylic acids is 1. The van der Waals surface area contributed by atoms with Gasteiger partial charge in [-0.25, -0.2) is 0 Å². The van der Waals surface area contributed by atoms with E-state index < -0.39 is 0 Å². The average molecular weight is 266 g/mol. The Morgan fingerprint density at radius 1 is 1.30 bits per heavy atom. The number of hydrogen-bond donors (Lipinski definition) is 0. The molecule has 2 aromatic rings. The highest BCUT2D eigenvalue weighted by Gasteiger charge is 2.16. The predicted molar refractivity (Wildman–Crippen MR) is 78.6 cm³/mol. The van der Waals surface area contributed by atoms with Gasteiger partial charge in [-0.05, 0) is 37.0 Å². The topological polar surface area (TPSA) is 45.8 Å². The summed E-state index contributed by atoms with van der Waals surface area (Å²) in [5, 5.41) is 9.88. The minimum Gasteiger partial charge on any atom is -0.346 e. The number of aromatic nitrogens is 1. The standard InChI is InChI=1S/C17H18N2O/c18-9-14-6-7-17-16(8-14)15(12-20)11-19(17)10-13-4-2-1-3-5-13/h6-8,11-13H,1-5,10H2. The van der Waals surface area contributed by atoms with E-state index in [0.29, 0.717) is 11.1 Å². The molecule has 0 saturated heterocycles. The summed E-state index contributed by atoms with van der Waals surface area (Å²) in [6, 6.07) is 7.74. The van der Waals surface area contributed by atoms with Gasteiger partial charge in [0.2, 0.25) is 0 Å². The van der Waals surface area contributed by atoms with Crippen LogP contribution in [0.4, 0.5) is 0 Å². The van der Waals surface area contributed by atoms with Crippen LogP contribution in [0.2, 0.25) is 0 Å². The summed E-state index contributed by atoms with van der Waals surface area (Å²) in [6.45, 7) is 0.982. The number of aldehydes is 1. The largest absolute Gasteiger partial charge is 0.346 e. The van der Waals surface area contributed by atoms with E-state index in [1.54, 1.807) is 0 Å². The van der Waals surface area contributed by atoms with Gasteiger partial charge in [0.15, 0.2) is 6.29 Å². The molecule has 0 amide bonds. The summed E-state index contributed by atoms with van der Waals surface area (Å²) in [6.07, 6.45) is 9.40. The first-order chi connectivity index (χ1) is 9.81. The third-order valence-electron chi connectivity index (χ3n) is 4.35. The summed E-state index contributed by atoms with van der Waals surface area (Å²) < 4.78 is 2.19. The first kappa shape index (κ1) is 12.9. The quantitative estimate of drug-likeness (QED) is 0.791. The third-order valence-corrected chi connectivity index (χ3v) is 4.35. The molecule has 0 atom stereocenters. The molecular formula is C17H18N2O. The van der Waals surface area contributed by atoms with E-state index in [9.17, 15) is 4.79 Å². The number of fused-ring (bicyclic) bond motifs is 1. The lowest BCUT2D eigenvalue weighted by atomic mass is 9.89. The van der Waals surface area contributed by atoms with Crippen LogP contribution in [0.15, 0.2) is 24.4 Å². The molecule has 3 heteroatoms. The van der Waals surface area contributed by atoms with E-state index in [4.69, 9.17) is 5.26 Å². The Labute approximate surface area is 118 Å². The van der Waals surface area contributed by atoms with Crippen molar-refractivity contribution in [2.24, 2.45) is 5.92 Å². The smallest absolute Gasteiger partial charge is 0.152 e. The molecule has 0 aliphatic heterocycles. The molecule has 1 aromatic carbocycles. The Balaban J connectivity index is 1.98. The van der Waals surface area contributed by atoms with Crippen LogP contribution in [-0.4, -0.2) is 10.9 Å². The highest BCUT2D eigenvalue weighted by Crippen LogP contribution is 2.28. The SMILES string of the molecule is N#Cc1ccc2c(c1)c(C=O)cn2CC1CCCCC1. The summed E-state index contributed by atoms with van der Waals surface area (Å²) in [5.41, 5.74) is 2.36. The number of nitriles is 1. The van der Waals surface area contributed by atoms with Crippen molar-refractivity contribution in [3.05, 3.63) is 35.5 Å². The van der Waals surface area contributed by atoms with Crippen molar-refractivity contribution >= 4 is 17.2 Å². The fraction of sp³-hybridized carbons (Fsp3) is 0.412. The second-order valence-electron chi connectivity index (χ2n) is 5.70. The van der Waals surface area contributed by atoms with Crippen LogP contribution < -0.4 is 0 Å². The number of nitrogens with zero attached hydrogens (tertiary/aromatic N) is 2. The summed E-state index contributed by atoms with van der Waals surface area (Å²) in [4.78, 5) is 11.2. The van der Waals surface area contributed by atoms with Gasteiger partial charge in [0.25, 0.3) is 0 Å². The van der Waals surface area contributed by atoms with Crippen molar-refractivity contribution in [1.29, 1.82) is 5.26 Å². The van der Waals surface area contributed by atoms with Crippen LogP contribution in [0.25, 0.3) is 10.9 Å². The van der Waals surface area contributed by atoms with E-state index >= 15 is 0 Å². The summed E-state index contributed by atoms with van der Waals surface area (Å²) in [7, 11) is 0. The maximum Gasteiger partial charge on any atom is 0.152 e. The van der Waals surface area contributed by atoms with Crippen LogP contribution >= 0.6 is 0 Å². The monoisotopic (exact) mass is 266 g/mol. The summed E-state index contributed by atoms with van der Waals surface area (Å²) >= 11 is 0. The van der Waals surface area contributed by atoms with Crippen LogP contribution in [0.3, 0.4) is 0 Å². The predicted octanol–water partition coefficient (Wildman–Crippen LogP) is 3.91. The molecule has 1 aliphatic rings. The van der Waals surface area contributed by atoms with E-state index in [1.807, 2.05) is 24.4 Å². The van der Waals surface area contributed by atoms with Gasteiger partial charge in [-0.1, -0.05) is 19.3 Å². The van der Waals surface area contributed by atoms with Crippen LogP contribution in [0.5, 0.6) is 0 Å². The molecule has 1 aromatic heterocycles. The minimum absolute atomic E-state index is 0.607. The maximum atomic E-state index is 11.2. The second-order valence-corrected chi connectivity index (χ2v) is 5.70. The molecular weight excluding hydrogens is 248 g/mol. The van der Waals surface area contributed by atoms with E-state index in [1.165, 1.54) is 32.1 Å². The molecule has 3 nitrogen and oxygen atoms in total. The fourth-order valence-corrected chi connectivity index (χ4v) is 3.29. The minimum atomic E-state index is 0.607. The average Bonchev–Trinajstić information content (AvgIpc) is 2.85. The van der Waals surface area contributed by atoms with E-state index in [2.05, 4.69) is 10.6 Å². The van der Waals surface area contributed by atoms with Gasteiger partial charge in [0.1, 0.15) is 0 Å². The molecule has 0 spiro atoms. The second kappa shape index (κ2) is 5.50. The number of rotatable bonds is 3. The van der Waals surface area contributed by atoms with Gasteiger partial charge in [0.05, 0.1) is 11.6 Å². The summed E-state index contributed by atoms with van der Waals surface area (Å²) in [5.74, 6) is 0.717. The third kappa shape index (κ3) is 2.34. The Morgan fingerprint density at radius 2 is 2.10 bits per heavy atom. The zero-order valence-electron chi connectivity index (χ0n) is 11.5. The molecule has 1 saturated carbocycles. The van der Waals surface area contributed by atoms with Crippen LogP contribution in [0, 0.1) is 17.2 Å². The van der Waals surface area contributed by atoms with Gasteiger partial charge in [-0.15, -0.1) is 0 Å². The number of benzene rings is 1. The van der Waals surface area contributed by atoms with Gasteiger partial charge >= 0.3 is 0 Å². The first-order valence-corrected chi connectivity index (χ1v) is 7.30. The molecule has 20 heavy (non-hydrogen) atoms. The van der Waals surface area contributed by atoms with E-state index in [0.717, 1.165) is 29.7 Å². The maximum absolute atomic E-state index is 11.2. The molecule has 0 bridgehead atoms. The molecule has 0 unspecified atom stereocenters. The molecule has 1 fully saturated rings. The number of carbonyl (C=O) groups is 1. The lowest BCUT2D eigenvalue weighted by Gasteiger charge is -2.22. The normalized spacial score (nSPS) is 16.1. The van der Waals surface area contributed by atoms with E-state index in [-0.39, 0.29) is 0 Å². The molecule has 1 heterocycles. The Bertz CT molecular complexity index is 672. The van der Waals surface area contributed by atoms with Crippen molar-refractivity contribution in [2.45, 2.75) is 38.6 Å². The van der Waals surface area contributed by atoms with Crippen molar-refractivity contribution in [1.82, 2.24) is 4.57 Å². The van der Waals surface area contributed by atoms with Gasteiger partial charge < -0.3 is 4.57 Å². The molecule has 0 radical (unpaired) electrons. The van der Waals surface area contributed by atoms with Crippen LogP contribution in [0.1, 0.15) is 48.0 Å². The van der Waals surface area contributed by atoms with Crippen LogP contribution in [-0.2, 0) is 6.54 Å². The lowest BCUT2D eigenvalue weighted by Crippen LogP contribution is -2.13. The highest BCUT2D eigenvalue weighted by molar-refractivity contribution is 5.98. The van der Waals surface area contributed by atoms with Crippen molar-refractivity contribution in [3.8, 4) is 6.07 Å². The Morgan fingerprint density at radius 3 is 2.80 bits per heavy atom. The van der Waals surface area contributed by atoms with Crippen molar-refractivity contribution in [2.75, 3.05) is 0 Å². The number of hydrogen-bond acceptors (Lipinski definition) is 2. The zero-order chi connectivity index (χ0) is 13.9. The molecule has 102 valence electrons. The molecule has 0 N–H and O–H groups in total. The van der Waals surface area contributed by atoms with Gasteiger partial charge in [-0.3, -0.25) is 4.79 Å². The lowest BCUT2D eigenvalue weighted by molar-refractivity contribution is 0.112. The Kier molecular flexibility index (Phi) is 3.56.